The molecule has 2 heterocycles. The maximum absolute atomic E-state index is 12.1. The molecule has 0 unspecified atom stereocenters. The number of rotatable bonds is 2. The molecule has 5 heteroatoms. The van der Waals surface area contributed by atoms with Gasteiger partial charge < -0.3 is 10.4 Å². The highest BCUT2D eigenvalue weighted by atomic mass is 16.2. The number of hydrogen-bond acceptors (Lipinski definition) is 4. The van der Waals surface area contributed by atoms with E-state index in [9.17, 15) is 4.79 Å². The number of anilines is 1. The predicted octanol–water partition coefficient (Wildman–Crippen LogP) is 1.07. The van der Waals surface area contributed by atoms with Crippen LogP contribution in [0.1, 0.15) is 15.9 Å². The van der Waals surface area contributed by atoms with Gasteiger partial charge in [0.1, 0.15) is 6.61 Å². The van der Waals surface area contributed by atoms with E-state index in [1.54, 1.807) is 30.6 Å². The van der Waals surface area contributed by atoms with Crippen molar-refractivity contribution in [1.29, 1.82) is 0 Å². The van der Waals surface area contributed by atoms with Gasteiger partial charge in [-0.3, -0.25) is 14.8 Å². The zero-order valence-electron chi connectivity index (χ0n) is 10.00. The number of nitrogens with zero attached hydrogens (tertiary/aromatic N) is 2. The van der Waals surface area contributed by atoms with Crippen molar-refractivity contribution in [3.05, 3.63) is 54.1 Å². The molecule has 5 nitrogen and oxygen atoms in total. The summed E-state index contributed by atoms with van der Waals surface area (Å²) in [4.78, 5) is 19.9. The Morgan fingerprint density at radius 3 is 2.68 bits per heavy atom. The van der Waals surface area contributed by atoms with Crippen molar-refractivity contribution in [3.63, 3.8) is 0 Å². The Bertz CT molecular complexity index is 630. The molecule has 19 heavy (non-hydrogen) atoms. The van der Waals surface area contributed by atoms with Crippen molar-refractivity contribution >= 4 is 11.6 Å². The third kappa shape index (κ3) is 3.37. The van der Waals surface area contributed by atoms with Crippen LogP contribution < -0.4 is 5.32 Å². The molecule has 0 bridgehead atoms. The first-order valence-corrected chi connectivity index (χ1v) is 5.56. The Labute approximate surface area is 110 Å². The summed E-state index contributed by atoms with van der Waals surface area (Å²) in [5, 5.41) is 11.4. The van der Waals surface area contributed by atoms with Crippen molar-refractivity contribution in [3.8, 4) is 11.8 Å². The first kappa shape index (κ1) is 12.7. The number of pyridine rings is 2. The highest BCUT2D eigenvalue weighted by Crippen LogP contribution is 2.10. The fraction of sp³-hybridized carbons (Fsp3) is 0.0714. The largest absolute Gasteiger partial charge is 0.384 e. The molecule has 0 saturated carbocycles. The van der Waals surface area contributed by atoms with Gasteiger partial charge in [-0.25, -0.2) is 0 Å². The number of carbonyl (C=O) groups excluding carboxylic acids is 1. The molecule has 0 aromatic carbocycles. The number of hydrogen-bond donors (Lipinski definition) is 2. The van der Waals surface area contributed by atoms with Crippen LogP contribution in [0.3, 0.4) is 0 Å². The van der Waals surface area contributed by atoms with Crippen LogP contribution >= 0.6 is 0 Å². The molecule has 0 aliphatic rings. The minimum absolute atomic E-state index is 0.264. The fourth-order valence-electron chi connectivity index (χ4n) is 1.46. The second kappa shape index (κ2) is 6.28. The summed E-state index contributed by atoms with van der Waals surface area (Å²) in [6, 6.07) is 4.97. The van der Waals surface area contributed by atoms with Crippen LogP contribution in [0.5, 0.6) is 0 Å². The molecule has 2 rings (SSSR count). The lowest BCUT2D eigenvalue weighted by Gasteiger charge is -2.06. The Morgan fingerprint density at radius 1 is 1.21 bits per heavy atom. The molecule has 0 saturated heterocycles. The van der Waals surface area contributed by atoms with Crippen LogP contribution in [0.4, 0.5) is 5.69 Å². The summed E-state index contributed by atoms with van der Waals surface area (Å²) < 4.78 is 0. The van der Waals surface area contributed by atoms with E-state index in [0.717, 1.165) is 0 Å². The molecule has 0 aliphatic heterocycles. The van der Waals surface area contributed by atoms with Gasteiger partial charge in [0.05, 0.1) is 11.1 Å². The molecular weight excluding hydrogens is 242 g/mol. The molecule has 0 spiro atoms. The number of carbonyl (C=O) groups is 1. The number of nitrogens with one attached hydrogen (secondary N) is 1. The summed E-state index contributed by atoms with van der Waals surface area (Å²) in [7, 11) is 0. The maximum atomic E-state index is 12.1. The van der Waals surface area contributed by atoms with Crippen LogP contribution in [0.15, 0.2) is 43.0 Å². The lowest BCUT2D eigenvalue weighted by Crippen LogP contribution is -2.13. The predicted molar refractivity (Wildman–Crippen MR) is 70.4 cm³/mol. The van der Waals surface area contributed by atoms with Crippen molar-refractivity contribution in [2.24, 2.45) is 0 Å². The zero-order valence-corrected chi connectivity index (χ0v) is 10.00. The average molecular weight is 253 g/mol. The van der Waals surface area contributed by atoms with Gasteiger partial charge >= 0.3 is 0 Å². The minimum Gasteiger partial charge on any atom is -0.384 e. The molecule has 94 valence electrons. The molecule has 0 aliphatic carbocycles. The molecular formula is C14H11N3O2. The van der Waals surface area contributed by atoms with Gasteiger partial charge in [-0.1, -0.05) is 11.8 Å². The van der Waals surface area contributed by atoms with Gasteiger partial charge in [0.15, 0.2) is 0 Å². The highest BCUT2D eigenvalue weighted by molar-refractivity contribution is 6.05. The number of amides is 1. The van der Waals surface area contributed by atoms with E-state index in [2.05, 4.69) is 27.1 Å². The molecule has 0 fully saturated rings. The Morgan fingerprint density at radius 2 is 1.95 bits per heavy atom. The first-order valence-electron chi connectivity index (χ1n) is 5.56. The topological polar surface area (TPSA) is 75.1 Å². The van der Waals surface area contributed by atoms with Gasteiger partial charge in [0.25, 0.3) is 5.91 Å². The summed E-state index contributed by atoms with van der Waals surface area (Å²) >= 11 is 0. The van der Waals surface area contributed by atoms with Gasteiger partial charge in [-0.2, -0.15) is 0 Å². The van der Waals surface area contributed by atoms with E-state index in [1.807, 2.05) is 0 Å². The zero-order chi connectivity index (χ0) is 13.5. The van der Waals surface area contributed by atoms with E-state index < -0.39 is 0 Å². The van der Waals surface area contributed by atoms with Gasteiger partial charge in [0, 0.05) is 30.5 Å². The van der Waals surface area contributed by atoms with Crippen molar-refractivity contribution in [1.82, 2.24) is 9.97 Å². The van der Waals surface area contributed by atoms with Gasteiger partial charge in [-0.15, -0.1) is 0 Å². The molecule has 1 amide bonds. The lowest BCUT2D eigenvalue weighted by molar-refractivity contribution is 0.102. The van der Waals surface area contributed by atoms with E-state index in [1.165, 1.54) is 12.4 Å². The summed E-state index contributed by atoms with van der Waals surface area (Å²) in [5.41, 5.74) is 1.54. The van der Waals surface area contributed by atoms with Crippen molar-refractivity contribution < 1.29 is 9.90 Å². The van der Waals surface area contributed by atoms with Crippen LogP contribution in [0.2, 0.25) is 0 Å². The summed E-state index contributed by atoms with van der Waals surface area (Å²) in [6.45, 7) is -0.264. The van der Waals surface area contributed by atoms with E-state index in [4.69, 9.17) is 5.11 Å². The molecule has 0 radical (unpaired) electrons. The number of aliphatic hydroxyl groups excluding tert-OH is 1. The van der Waals surface area contributed by atoms with E-state index in [-0.39, 0.29) is 12.5 Å². The normalized spacial score (nSPS) is 9.32. The average Bonchev–Trinajstić information content (AvgIpc) is 2.46. The molecule has 2 N–H and O–H groups in total. The van der Waals surface area contributed by atoms with E-state index in [0.29, 0.717) is 16.8 Å². The standard InChI is InChI=1S/C14H11N3O2/c18-9-1-2-11-10-16-8-5-13(11)14(19)17-12-3-6-15-7-4-12/h3-8,10,18H,9H2,(H,15,17,19). The minimum atomic E-state index is -0.282. The quantitative estimate of drug-likeness (QED) is 0.785. The van der Waals surface area contributed by atoms with E-state index >= 15 is 0 Å². The third-order valence-corrected chi connectivity index (χ3v) is 2.31. The summed E-state index contributed by atoms with van der Waals surface area (Å²) in [6.07, 6.45) is 6.19. The van der Waals surface area contributed by atoms with Crippen LogP contribution in [0.25, 0.3) is 0 Å². The van der Waals surface area contributed by atoms with Crippen molar-refractivity contribution in [2.75, 3.05) is 11.9 Å². The summed E-state index contributed by atoms with van der Waals surface area (Å²) in [5.74, 6) is 4.91. The monoisotopic (exact) mass is 253 g/mol. The SMILES string of the molecule is O=C(Nc1ccncc1)c1ccncc1C#CCO. The van der Waals surface area contributed by atoms with Gasteiger partial charge in [-0.05, 0) is 18.2 Å². The Kier molecular flexibility index (Phi) is 4.21. The molecule has 2 aromatic rings. The molecule has 0 atom stereocenters. The Balaban J connectivity index is 2.24. The third-order valence-electron chi connectivity index (χ3n) is 2.31. The number of aromatic nitrogens is 2. The lowest BCUT2D eigenvalue weighted by atomic mass is 10.1. The Hall–Kier alpha value is -2.71. The smallest absolute Gasteiger partial charge is 0.257 e. The number of aliphatic hydroxyl groups is 1. The van der Waals surface area contributed by atoms with Crippen LogP contribution in [0, 0.1) is 11.8 Å². The van der Waals surface area contributed by atoms with Crippen molar-refractivity contribution in [2.45, 2.75) is 0 Å². The first-order chi connectivity index (χ1) is 9.31. The van der Waals surface area contributed by atoms with Crippen LogP contribution in [-0.4, -0.2) is 27.6 Å². The fourth-order valence-corrected chi connectivity index (χ4v) is 1.46. The van der Waals surface area contributed by atoms with Gasteiger partial charge in [0.2, 0.25) is 0 Å². The molecule has 2 aromatic heterocycles. The maximum Gasteiger partial charge on any atom is 0.257 e. The second-order valence-electron chi connectivity index (χ2n) is 3.57. The second-order valence-corrected chi connectivity index (χ2v) is 3.57. The van der Waals surface area contributed by atoms with Crippen LogP contribution in [-0.2, 0) is 0 Å². The highest BCUT2D eigenvalue weighted by Gasteiger charge is 2.10.